The van der Waals surface area contributed by atoms with Gasteiger partial charge in [-0.3, -0.25) is 14.7 Å². The maximum absolute atomic E-state index is 13.5. The Morgan fingerprint density at radius 3 is 2.59 bits per heavy atom. The predicted octanol–water partition coefficient (Wildman–Crippen LogP) is 2.30. The number of hydrogen-bond donors (Lipinski definition) is 8. The monoisotopic (exact) mass is 771 g/mol. The first-order valence-electron chi connectivity index (χ1n) is 19.0. The van der Waals surface area contributed by atoms with Gasteiger partial charge < -0.3 is 44.9 Å². The fourth-order valence-corrected chi connectivity index (χ4v) is 8.87. The Labute approximate surface area is 321 Å². The number of allylic oxidation sites excluding steroid dienone is 1. The zero-order chi connectivity index (χ0) is 39.5. The molecule has 0 saturated heterocycles. The summed E-state index contributed by atoms with van der Waals surface area (Å²) < 4.78 is 13.4. The highest BCUT2D eigenvalue weighted by atomic mass is 17.2. The molecule has 7 atom stereocenters. The number of quaternary nitrogens is 1. The van der Waals surface area contributed by atoms with Gasteiger partial charge in [0.05, 0.1) is 17.6 Å². The summed E-state index contributed by atoms with van der Waals surface area (Å²) in [7, 11) is 0. The molecule has 0 bridgehead atoms. The Bertz CT molecular complexity index is 2330. The molecule has 296 valence electrons. The molecule has 14 heteroatoms. The highest BCUT2D eigenvalue weighted by Crippen LogP contribution is 2.49. The molecule has 4 aliphatic rings. The molecular weight excluding hydrogens is 724 g/mol. The quantitative estimate of drug-likeness (QED) is 0.0770. The Morgan fingerprint density at radius 1 is 1.05 bits per heavy atom. The average Bonchev–Trinajstić information content (AvgIpc) is 3.95. The second-order valence-corrected chi connectivity index (χ2v) is 15.8. The van der Waals surface area contributed by atoms with E-state index in [0.717, 1.165) is 41.9 Å². The van der Waals surface area contributed by atoms with Gasteiger partial charge in [0.15, 0.2) is 11.2 Å². The molecule has 4 heterocycles. The van der Waals surface area contributed by atoms with Gasteiger partial charge >= 0.3 is 0 Å². The summed E-state index contributed by atoms with van der Waals surface area (Å²) in [4.78, 5) is 31.0. The topological polar surface area (TPSA) is 216 Å². The van der Waals surface area contributed by atoms with E-state index in [1.807, 2.05) is 13.0 Å². The summed E-state index contributed by atoms with van der Waals surface area (Å²) in [6.45, 7) is 2.63. The van der Waals surface area contributed by atoms with Crippen LogP contribution in [0.3, 0.4) is 0 Å². The van der Waals surface area contributed by atoms with Crippen molar-refractivity contribution in [2.24, 2.45) is 10.9 Å². The first kappa shape index (κ1) is 38.2. The number of aromatic hydroxyl groups is 2. The van der Waals surface area contributed by atoms with Crippen LogP contribution in [-0.4, -0.2) is 96.8 Å². The lowest BCUT2D eigenvalue weighted by Crippen LogP contribution is -3.01. The van der Waals surface area contributed by atoms with Crippen LogP contribution in [0.15, 0.2) is 80.7 Å². The number of aliphatic hydroxyl groups is 5. The van der Waals surface area contributed by atoms with Crippen LogP contribution < -0.4 is 15.1 Å². The molecule has 0 amide bonds. The van der Waals surface area contributed by atoms with Gasteiger partial charge in [-0.25, -0.2) is 9.78 Å². The Kier molecular flexibility index (Phi) is 10.0. The van der Waals surface area contributed by atoms with Crippen LogP contribution in [0.5, 0.6) is 17.2 Å². The van der Waals surface area contributed by atoms with Crippen molar-refractivity contribution in [2.45, 2.75) is 88.0 Å². The van der Waals surface area contributed by atoms with Gasteiger partial charge in [0.1, 0.15) is 77.9 Å². The van der Waals surface area contributed by atoms with E-state index in [0.29, 0.717) is 56.6 Å². The van der Waals surface area contributed by atoms with E-state index in [-0.39, 0.29) is 29.3 Å². The number of rotatable bonds is 12. The second kappa shape index (κ2) is 14.7. The Hall–Kier alpha value is -4.64. The van der Waals surface area contributed by atoms with Gasteiger partial charge in [0.2, 0.25) is 11.3 Å². The van der Waals surface area contributed by atoms with E-state index < -0.39 is 55.3 Å². The van der Waals surface area contributed by atoms with E-state index in [1.54, 1.807) is 19.2 Å². The lowest BCUT2D eigenvalue weighted by molar-refractivity contribution is -0.759. The minimum atomic E-state index is -2.34. The first-order valence-corrected chi connectivity index (χ1v) is 19.0. The van der Waals surface area contributed by atoms with Crippen LogP contribution >= 0.6 is 0 Å². The lowest BCUT2D eigenvalue weighted by Gasteiger charge is -2.45. The Balaban J connectivity index is 1.15. The number of phenolic OH excluding ortho intramolecular Hbond substituents is 2. The third-order valence-electron chi connectivity index (χ3n) is 12.0. The second-order valence-electron chi connectivity index (χ2n) is 15.8. The molecule has 3 aromatic carbocycles. The molecular formula is C42H47N2O12+. The fraction of sp³-hybridized carbons (Fsp3) is 0.429. The van der Waals surface area contributed by atoms with Crippen molar-refractivity contribution in [3.8, 4) is 17.2 Å². The number of fused-ring (bicyclic) bond motifs is 4. The van der Waals surface area contributed by atoms with Crippen LogP contribution in [0.2, 0.25) is 0 Å². The van der Waals surface area contributed by atoms with Crippen molar-refractivity contribution >= 4 is 33.1 Å². The van der Waals surface area contributed by atoms with Crippen LogP contribution in [0.4, 0.5) is 5.69 Å². The summed E-state index contributed by atoms with van der Waals surface area (Å²) >= 11 is 0. The number of nitrogens with one attached hydrogen (secondary N) is 1. The summed E-state index contributed by atoms with van der Waals surface area (Å²) in [5, 5.41) is 76.0. The number of benzene rings is 3. The minimum Gasteiger partial charge on any atom is -0.508 e. The van der Waals surface area contributed by atoms with Gasteiger partial charge in [-0.2, -0.15) is 0 Å². The first-order chi connectivity index (χ1) is 26.8. The number of aliphatic imine (C=N–C) groups is 1. The SMILES string of the molecule is Cc1cc(=O)c2cc3c(c([NH+]4C=C5C=CN=C5C4)c2o1)OC(C)(C1CCCC1)C(OOCC(O)(Cc1ccc(O)c2ccc(O)cc12)C(O)C(O)C(O)CO)C3. The molecule has 4 aromatic rings. The predicted molar refractivity (Wildman–Crippen MR) is 204 cm³/mol. The van der Waals surface area contributed by atoms with Crippen molar-refractivity contribution < 1.29 is 59.6 Å². The normalized spacial score (nSPS) is 24.7. The van der Waals surface area contributed by atoms with Gasteiger partial charge in [-0.05, 0) is 74.0 Å². The summed E-state index contributed by atoms with van der Waals surface area (Å²) in [5.74, 6) is 0.921. The van der Waals surface area contributed by atoms with Gasteiger partial charge in [0.25, 0.3) is 0 Å². The number of ether oxygens (including phenoxy) is 1. The Morgan fingerprint density at radius 2 is 1.84 bits per heavy atom. The zero-order valence-corrected chi connectivity index (χ0v) is 31.1. The van der Waals surface area contributed by atoms with Gasteiger partial charge in [-0.15, -0.1) is 0 Å². The van der Waals surface area contributed by atoms with Crippen molar-refractivity contribution in [2.75, 3.05) is 19.8 Å². The van der Waals surface area contributed by atoms with Crippen molar-refractivity contribution in [3.05, 3.63) is 93.6 Å². The molecule has 0 spiro atoms. The third kappa shape index (κ3) is 6.69. The summed E-state index contributed by atoms with van der Waals surface area (Å²) in [6, 6.07) is 10.4. The van der Waals surface area contributed by atoms with Crippen LogP contribution in [-0.2, 0) is 22.6 Å². The highest BCUT2D eigenvalue weighted by Gasteiger charge is 2.52. The number of aryl methyl sites for hydroxylation is 1. The van der Waals surface area contributed by atoms with E-state index in [2.05, 4.69) is 11.2 Å². The molecule has 8 rings (SSSR count). The summed E-state index contributed by atoms with van der Waals surface area (Å²) in [5.41, 5.74) is 0.601. The molecule has 1 saturated carbocycles. The standard InChI is InChI=1S/C42H46N2O12/c1-22-13-33(48)30-14-25-15-35(41(2,26-5-3-4-6-26)55-38(25)36(39(30)54-22)44-18-24-11-12-43-31(24)19-44)56-53-21-42(52,40(51)37(50)34(49)20-45)17-23-7-10-32(47)28-9-8-27(46)16-29(23)28/h7-14,16,18,26,34-35,37,40,45-47,49-52H,3-6,15,17,19-21H2,1-2H3/p+1. The molecule has 8 N–H and O–H groups in total. The van der Waals surface area contributed by atoms with Crippen LogP contribution in [0.25, 0.3) is 21.7 Å². The van der Waals surface area contributed by atoms with E-state index in [9.17, 15) is 40.5 Å². The lowest BCUT2D eigenvalue weighted by atomic mass is 9.78. The summed E-state index contributed by atoms with van der Waals surface area (Å²) in [6.07, 6.45) is 2.69. The van der Waals surface area contributed by atoms with Crippen molar-refractivity contribution in [1.29, 1.82) is 0 Å². The molecule has 56 heavy (non-hydrogen) atoms. The van der Waals surface area contributed by atoms with E-state index in [4.69, 9.17) is 18.9 Å². The van der Waals surface area contributed by atoms with Gasteiger partial charge in [-0.1, -0.05) is 18.9 Å². The van der Waals surface area contributed by atoms with E-state index >= 15 is 0 Å². The highest BCUT2D eigenvalue weighted by molar-refractivity contribution is 6.07. The molecule has 7 unspecified atom stereocenters. The molecule has 3 aliphatic heterocycles. The molecule has 1 fully saturated rings. The van der Waals surface area contributed by atoms with Crippen molar-refractivity contribution in [3.63, 3.8) is 0 Å². The molecule has 1 aromatic heterocycles. The van der Waals surface area contributed by atoms with E-state index in [1.165, 1.54) is 36.4 Å². The molecule has 1 aliphatic carbocycles. The molecule has 0 radical (unpaired) electrons. The average molecular weight is 772 g/mol. The maximum atomic E-state index is 13.5. The smallest absolute Gasteiger partial charge is 0.222 e. The zero-order valence-electron chi connectivity index (χ0n) is 31.1. The minimum absolute atomic E-state index is 0.0398. The number of hydrogen-bond acceptors (Lipinski definition) is 13. The van der Waals surface area contributed by atoms with Crippen LogP contribution in [0.1, 0.15) is 49.5 Å². The molecule has 14 nitrogen and oxygen atoms in total. The van der Waals surface area contributed by atoms with Gasteiger partial charge in [0, 0.05) is 42.0 Å². The fourth-order valence-electron chi connectivity index (χ4n) is 8.87. The largest absolute Gasteiger partial charge is 0.508 e. The van der Waals surface area contributed by atoms with Crippen molar-refractivity contribution in [1.82, 2.24) is 0 Å². The number of phenols is 2. The number of nitrogens with zero attached hydrogens (tertiary/aromatic N) is 1. The maximum Gasteiger partial charge on any atom is 0.222 e. The van der Waals surface area contributed by atoms with Crippen LogP contribution in [0, 0.1) is 12.8 Å². The number of aliphatic hydroxyl groups excluding tert-OH is 4. The third-order valence-corrected chi connectivity index (χ3v) is 12.0.